The van der Waals surface area contributed by atoms with E-state index in [-0.39, 0.29) is 30.0 Å². The van der Waals surface area contributed by atoms with Gasteiger partial charge in [0, 0.05) is 6.04 Å². The summed E-state index contributed by atoms with van der Waals surface area (Å²) in [6, 6.07) is -0.204. The Morgan fingerprint density at radius 3 is 2.71 bits per heavy atom. The van der Waals surface area contributed by atoms with Crippen molar-refractivity contribution in [2.45, 2.75) is 24.4 Å². The molecular weight excluding hydrogens is 184 g/mol. The van der Waals surface area contributed by atoms with E-state index < -0.39 is 0 Å². The number of aliphatic hydroxyl groups is 1. The topological polar surface area (TPSA) is 84.6 Å². The molecule has 5 nitrogen and oxygen atoms in total. The lowest BCUT2D eigenvalue weighted by molar-refractivity contribution is -0.126. The van der Waals surface area contributed by atoms with Gasteiger partial charge in [-0.05, 0) is 12.8 Å². The Morgan fingerprint density at radius 1 is 1.57 bits per heavy atom. The Kier molecular flexibility index (Phi) is 2.47. The molecule has 0 aromatic heterocycles. The lowest BCUT2D eigenvalue weighted by atomic mass is 10.0. The molecule has 2 fully saturated rings. The van der Waals surface area contributed by atoms with Gasteiger partial charge >= 0.3 is 0 Å². The van der Waals surface area contributed by atoms with E-state index in [1.165, 1.54) is 0 Å². The maximum absolute atomic E-state index is 11.7. The van der Waals surface area contributed by atoms with Crippen molar-refractivity contribution in [2.75, 3.05) is 19.8 Å². The number of aliphatic hydroxyl groups excluding tert-OH is 1. The highest BCUT2D eigenvalue weighted by atomic mass is 16.5. The van der Waals surface area contributed by atoms with Crippen molar-refractivity contribution in [3.05, 3.63) is 0 Å². The molecule has 2 rings (SSSR count). The van der Waals surface area contributed by atoms with Gasteiger partial charge in [-0.25, -0.2) is 0 Å². The molecule has 1 aliphatic heterocycles. The highest BCUT2D eigenvalue weighted by molar-refractivity contribution is 5.81. The van der Waals surface area contributed by atoms with Crippen molar-refractivity contribution >= 4 is 5.91 Å². The Morgan fingerprint density at radius 2 is 2.29 bits per heavy atom. The van der Waals surface area contributed by atoms with Crippen molar-refractivity contribution in [1.82, 2.24) is 5.32 Å². The van der Waals surface area contributed by atoms with Crippen molar-refractivity contribution < 1.29 is 14.6 Å². The summed E-state index contributed by atoms with van der Waals surface area (Å²) in [6.07, 6.45) is 1.72. The molecule has 0 spiro atoms. The number of carbonyl (C=O) groups excluding carboxylic acids is 1. The molecule has 0 bridgehead atoms. The van der Waals surface area contributed by atoms with Gasteiger partial charge in [-0.2, -0.15) is 0 Å². The van der Waals surface area contributed by atoms with Crippen LogP contribution in [-0.2, 0) is 9.53 Å². The van der Waals surface area contributed by atoms with E-state index >= 15 is 0 Å². The predicted molar refractivity (Wildman–Crippen MR) is 49.5 cm³/mol. The van der Waals surface area contributed by atoms with E-state index in [1.54, 1.807) is 0 Å². The molecule has 14 heavy (non-hydrogen) atoms. The molecule has 4 N–H and O–H groups in total. The van der Waals surface area contributed by atoms with Crippen LogP contribution in [0, 0.1) is 5.92 Å². The molecule has 0 aromatic carbocycles. The van der Waals surface area contributed by atoms with Gasteiger partial charge in [-0.3, -0.25) is 4.79 Å². The molecule has 5 heteroatoms. The maximum atomic E-state index is 11.7. The SMILES string of the molecule is NC1COCC1C(=O)NC1(CO)CC1. The molecule has 1 saturated carbocycles. The molecule has 2 aliphatic rings. The molecule has 2 atom stereocenters. The number of hydrogen-bond acceptors (Lipinski definition) is 4. The number of nitrogens with two attached hydrogens (primary N) is 1. The maximum Gasteiger partial charge on any atom is 0.227 e. The van der Waals surface area contributed by atoms with Crippen molar-refractivity contribution in [3.63, 3.8) is 0 Å². The summed E-state index contributed by atoms with van der Waals surface area (Å²) >= 11 is 0. The Hall–Kier alpha value is -0.650. The average molecular weight is 200 g/mol. The minimum absolute atomic E-state index is 0.0154. The fourth-order valence-electron chi connectivity index (χ4n) is 1.67. The van der Waals surface area contributed by atoms with E-state index in [2.05, 4.69) is 5.32 Å². The number of rotatable bonds is 3. The molecule has 2 unspecified atom stereocenters. The van der Waals surface area contributed by atoms with Crippen LogP contribution in [0.1, 0.15) is 12.8 Å². The smallest absolute Gasteiger partial charge is 0.227 e. The van der Waals surface area contributed by atoms with E-state index in [1.807, 2.05) is 0 Å². The summed E-state index contributed by atoms with van der Waals surface area (Å²) in [5.41, 5.74) is 5.36. The number of carbonyl (C=O) groups is 1. The van der Waals surface area contributed by atoms with Crippen LogP contribution in [0.3, 0.4) is 0 Å². The average Bonchev–Trinajstić information content (AvgIpc) is 2.80. The third kappa shape index (κ3) is 1.75. The predicted octanol–water partition coefficient (Wildman–Crippen LogP) is -1.40. The molecule has 0 aromatic rings. The van der Waals surface area contributed by atoms with Crippen LogP contribution in [0.15, 0.2) is 0 Å². The highest BCUT2D eigenvalue weighted by Crippen LogP contribution is 2.35. The van der Waals surface area contributed by atoms with Gasteiger partial charge in [0.15, 0.2) is 0 Å². The normalized spacial score (nSPS) is 34.1. The summed E-state index contributed by atoms with van der Waals surface area (Å²) in [4.78, 5) is 11.7. The minimum atomic E-state index is -0.348. The second kappa shape index (κ2) is 3.49. The van der Waals surface area contributed by atoms with E-state index in [0.717, 1.165) is 12.8 Å². The van der Waals surface area contributed by atoms with Crippen LogP contribution in [0.25, 0.3) is 0 Å². The monoisotopic (exact) mass is 200 g/mol. The zero-order chi connectivity index (χ0) is 10.2. The first-order valence-corrected chi connectivity index (χ1v) is 4.93. The highest BCUT2D eigenvalue weighted by Gasteiger charge is 2.45. The lowest BCUT2D eigenvalue weighted by Gasteiger charge is -2.18. The molecule has 1 heterocycles. The van der Waals surface area contributed by atoms with E-state index in [9.17, 15) is 4.79 Å². The van der Waals surface area contributed by atoms with Crippen LogP contribution < -0.4 is 11.1 Å². The van der Waals surface area contributed by atoms with Crippen LogP contribution in [0.4, 0.5) is 0 Å². The third-order valence-electron chi connectivity index (χ3n) is 3.01. The number of ether oxygens (including phenoxy) is 1. The number of amides is 1. The second-order valence-corrected chi connectivity index (χ2v) is 4.24. The Balaban J connectivity index is 1.89. The second-order valence-electron chi connectivity index (χ2n) is 4.24. The van der Waals surface area contributed by atoms with Crippen molar-refractivity contribution in [3.8, 4) is 0 Å². The fraction of sp³-hybridized carbons (Fsp3) is 0.889. The first-order valence-electron chi connectivity index (χ1n) is 4.93. The quantitative estimate of drug-likeness (QED) is 0.523. The minimum Gasteiger partial charge on any atom is -0.394 e. The van der Waals surface area contributed by atoms with Crippen LogP contribution >= 0.6 is 0 Å². The standard InChI is InChI=1S/C9H16N2O3/c10-7-4-14-3-6(7)8(13)11-9(5-12)1-2-9/h6-7,12H,1-5,10H2,(H,11,13). The van der Waals surface area contributed by atoms with Gasteiger partial charge in [0.2, 0.25) is 5.91 Å². The summed E-state index contributed by atoms with van der Waals surface area (Å²) in [7, 11) is 0. The van der Waals surface area contributed by atoms with E-state index in [0.29, 0.717) is 13.2 Å². The molecule has 1 aliphatic carbocycles. The fourth-order valence-corrected chi connectivity index (χ4v) is 1.67. The molecule has 1 saturated heterocycles. The number of hydrogen-bond donors (Lipinski definition) is 3. The van der Waals surface area contributed by atoms with Gasteiger partial charge in [0.1, 0.15) is 0 Å². The van der Waals surface area contributed by atoms with Gasteiger partial charge in [-0.15, -0.1) is 0 Å². The van der Waals surface area contributed by atoms with Gasteiger partial charge in [0.05, 0.1) is 31.3 Å². The molecule has 0 radical (unpaired) electrons. The Bertz CT molecular complexity index is 240. The molecule has 80 valence electrons. The van der Waals surface area contributed by atoms with Gasteiger partial charge in [-0.1, -0.05) is 0 Å². The van der Waals surface area contributed by atoms with Crippen molar-refractivity contribution in [1.29, 1.82) is 0 Å². The first-order chi connectivity index (χ1) is 6.67. The van der Waals surface area contributed by atoms with Crippen molar-refractivity contribution in [2.24, 2.45) is 11.7 Å². The summed E-state index contributed by atoms with van der Waals surface area (Å²) in [5, 5.41) is 11.9. The molecule has 1 amide bonds. The lowest BCUT2D eigenvalue weighted by Crippen LogP contribution is -2.47. The van der Waals surface area contributed by atoms with Crippen LogP contribution in [0.2, 0.25) is 0 Å². The van der Waals surface area contributed by atoms with Crippen LogP contribution in [-0.4, -0.2) is 42.4 Å². The first kappa shape index (κ1) is 9.89. The van der Waals surface area contributed by atoms with Gasteiger partial charge < -0.3 is 20.9 Å². The summed E-state index contributed by atoms with van der Waals surface area (Å²) < 4.78 is 5.11. The third-order valence-corrected chi connectivity index (χ3v) is 3.01. The molecular formula is C9H16N2O3. The number of nitrogens with one attached hydrogen (secondary N) is 1. The summed E-state index contributed by atoms with van der Waals surface area (Å²) in [5.74, 6) is -0.333. The summed E-state index contributed by atoms with van der Waals surface area (Å²) in [6.45, 7) is 0.861. The van der Waals surface area contributed by atoms with Gasteiger partial charge in [0.25, 0.3) is 0 Å². The zero-order valence-electron chi connectivity index (χ0n) is 8.03. The Labute approximate surface area is 82.6 Å². The zero-order valence-corrected chi connectivity index (χ0v) is 8.03. The van der Waals surface area contributed by atoms with Crippen LogP contribution in [0.5, 0.6) is 0 Å². The largest absolute Gasteiger partial charge is 0.394 e. The van der Waals surface area contributed by atoms with E-state index in [4.69, 9.17) is 15.6 Å².